The summed E-state index contributed by atoms with van der Waals surface area (Å²) >= 11 is 0. The smallest absolute Gasteiger partial charge is 0.215 e. The highest BCUT2D eigenvalue weighted by Gasteiger charge is 2.32. The summed E-state index contributed by atoms with van der Waals surface area (Å²) in [6.45, 7) is 6.43. The van der Waals surface area contributed by atoms with E-state index in [1.54, 1.807) is 7.11 Å². The first-order valence-corrected chi connectivity index (χ1v) is 8.85. The monoisotopic (exact) mass is 312 g/mol. The van der Waals surface area contributed by atoms with Crippen LogP contribution in [0.15, 0.2) is 18.2 Å². The van der Waals surface area contributed by atoms with Crippen LogP contribution in [0.4, 0.5) is 0 Å². The van der Waals surface area contributed by atoms with E-state index in [4.69, 9.17) is 4.74 Å². The fourth-order valence-electron chi connectivity index (χ4n) is 2.73. The summed E-state index contributed by atoms with van der Waals surface area (Å²) in [6.07, 6.45) is 0.693. The Kier molecular flexibility index (Phi) is 5.24. The lowest BCUT2D eigenvalue weighted by Crippen LogP contribution is -2.36. The molecule has 0 amide bonds. The van der Waals surface area contributed by atoms with Crippen molar-refractivity contribution in [2.45, 2.75) is 32.1 Å². The van der Waals surface area contributed by atoms with Crippen molar-refractivity contribution in [2.24, 2.45) is 0 Å². The van der Waals surface area contributed by atoms with Gasteiger partial charge < -0.3 is 4.74 Å². The maximum absolute atomic E-state index is 12.0. The van der Waals surface area contributed by atoms with Crippen LogP contribution in [-0.2, 0) is 16.6 Å². The van der Waals surface area contributed by atoms with Crippen LogP contribution in [0.3, 0.4) is 0 Å². The van der Waals surface area contributed by atoms with Gasteiger partial charge in [0, 0.05) is 19.6 Å². The highest BCUT2D eigenvalue weighted by molar-refractivity contribution is 7.90. The molecule has 118 valence electrons. The minimum absolute atomic E-state index is 0.301. The molecule has 0 bridgehead atoms. The van der Waals surface area contributed by atoms with Crippen LogP contribution < -0.4 is 9.46 Å². The summed E-state index contributed by atoms with van der Waals surface area (Å²) in [5, 5.41) is -0.301. The van der Waals surface area contributed by atoms with Crippen LogP contribution in [0.2, 0.25) is 0 Å². The van der Waals surface area contributed by atoms with E-state index < -0.39 is 10.0 Å². The molecule has 1 aliphatic heterocycles. The fourth-order valence-corrected chi connectivity index (χ4v) is 4.19. The lowest BCUT2D eigenvalue weighted by molar-refractivity contribution is 0.330. The average molecular weight is 312 g/mol. The summed E-state index contributed by atoms with van der Waals surface area (Å²) in [5.41, 5.74) is 2.26. The molecule has 21 heavy (non-hydrogen) atoms. The predicted octanol–water partition coefficient (Wildman–Crippen LogP) is 1.52. The van der Waals surface area contributed by atoms with Crippen molar-refractivity contribution >= 4 is 10.0 Å². The third-order valence-electron chi connectivity index (χ3n) is 3.89. The highest BCUT2D eigenvalue weighted by atomic mass is 32.2. The minimum Gasteiger partial charge on any atom is -0.496 e. The Hall–Kier alpha value is -1.11. The molecule has 5 nitrogen and oxygen atoms in total. The molecule has 0 aromatic heterocycles. The van der Waals surface area contributed by atoms with Gasteiger partial charge in [-0.3, -0.25) is 4.90 Å². The van der Waals surface area contributed by atoms with Crippen LogP contribution in [0.1, 0.15) is 24.5 Å². The quantitative estimate of drug-likeness (QED) is 0.865. The molecule has 1 aromatic carbocycles. The van der Waals surface area contributed by atoms with E-state index in [1.165, 1.54) is 0 Å². The van der Waals surface area contributed by atoms with Crippen LogP contribution in [-0.4, -0.2) is 45.3 Å². The number of aryl methyl sites for hydroxylation is 1. The second-order valence-electron chi connectivity index (χ2n) is 5.49. The van der Waals surface area contributed by atoms with Gasteiger partial charge in [-0.25, -0.2) is 13.1 Å². The molecule has 1 aromatic rings. The van der Waals surface area contributed by atoms with Crippen molar-refractivity contribution in [1.29, 1.82) is 0 Å². The Labute approximate surface area is 127 Å². The first-order valence-electron chi connectivity index (χ1n) is 7.30. The predicted molar refractivity (Wildman–Crippen MR) is 84.0 cm³/mol. The Morgan fingerprint density at radius 1 is 1.43 bits per heavy atom. The molecule has 6 heteroatoms. The second-order valence-corrected chi connectivity index (χ2v) is 7.54. The highest BCUT2D eigenvalue weighted by Crippen LogP contribution is 2.23. The Morgan fingerprint density at radius 2 is 2.19 bits per heavy atom. The van der Waals surface area contributed by atoms with Crippen molar-refractivity contribution in [2.75, 3.05) is 26.7 Å². The lowest BCUT2D eigenvalue weighted by Gasteiger charge is -2.17. The topological polar surface area (TPSA) is 58.6 Å². The Morgan fingerprint density at radius 3 is 2.86 bits per heavy atom. The first kappa shape index (κ1) is 16.3. The molecule has 0 radical (unpaired) electrons. The van der Waals surface area contributed by atoms with Gasteiger partial charge in [-0.2, -0.15) is 0 Å². The van der Waals surface area contributed by atoms with Crippen molar-refractivity contribution in [3.05, 3.63) is 29.3 Å². The van der Waals surface area contributed by atoms with Gasteiger partial charge in [0.05, 0.1) is 12.4 Å². The number of benzene rings is 1. The molecule has 1 fully saturated rings. The second kappa shape index (κ2) is 6.77. The van der Waals surface area contributed by atoms with Gasteiger partial charge in [-0.05, 0) is 37.1 Å². The molecule has 1 saturated heterocycles. The van der Waals surface area contributed by atoms with Gasteiger partial charge in [0.2, 0.25) is 10.0 Å². The number of nitrogens with zero attached hydrogens (tertiary/aromatic N) is 1. The number of nitrogens with one attached hydrogen (secondary N) is 1. The number of methoxy groups -OCH3 is 1. The van der Waals surface area contributed by atoms with E-state index in [0.717, 1.165) is 30.0 Å². The maximum atomic E-state index is 12.0. The number of hydrogen-bond donors (Lipinski definition) is 1. The number of hydrogen-bond acceptors (Lipinski definition) is 4. The van der Waals surface area contributed by atoms with Gasteiger partial charge in [-0.1, -0.05) is 19.1 Å². The van der Waals surface area contributed by atoms with E-state index in [1.807, 2.05) is 26.0 Å². The molecule has 1 heterocycles. The number of ether oxygens (including phenoxy) is 1. The van der Waals surface area contributed by atoms with Crippen molar-refractivity contribution in [3.8, 4) is 5.75 Å². The molecule has 1 unspecified atom stereocenters. The largest absolute Gasteiger partial charge is 0.496 e. The van der Waals surface area contributed by atoms with Gasteiger partial charge >= 0.3 is 0 Å². The zero-order valence-corrected chi connectivity index (χ0v) is 13.7. The van der Waals surface area contributed by atoms with Crippen molar-refractivity contribution in [3.63, 3.8) is 0 Å². The van der Waals surface area contributed by atoms with E-state index in [0.29, 0.717) is 19.5 Å². The van der Waals surface area contributed by atoms with Crippen LogP contribution >= 0.6 is 0 Å². The van der Waals surface area contributed by atoms with Gasteiger partial charge in [0.25, 0.3) is 0 Å². The average Bonchev–Trinajstić information content (AvgIpc) is 2.90. The first-order chi connectivity index (χ1) is 9.96. The zero-order valence-electron chi connectivity index (χ0n) is 12.9. The summed E-state index contributed by atoms with van der Waals surface area (Å²) in [4.78, 5) is 2.18. The summed E-state index contributed by atoms with van der Waals surface area (Å²) in [7, 11) is -1.50. The fraction of sp³-hybridized carbons (Fsp3) is 0.600. The summed E-state index contributed by atoms with van der Waals surface area (Å²) < 4.78 is 32.0. The molecule has 2 rings (SSSR count). The summed E-state index contributed by atoms with van der Waals surface area (Å²) in [5.74, 6) is 0.878. The number of rotatable bonds is 6. The van der Waals surface area contributed by atoms with Crippen molar-refractivity contribution in [1.82, 2.24) is 9.62 Å². The third kappa shape index (κ3) is 3.96. The molecule has 1 aliphatic rings. The van der Waals surface area contributed by atoms with Crippen LogP contribution in [0.25, 0.3) is 0 Å². The van der Waals surface area contributed by atoms with E-state index >= 15 is 0 Å². The van der Waals surface area contributed by atoms with E-state index in [2.05, 4.69) is 15.7 Å². The lowest BCUT2D eigenvalue weighted by atomic mass is 10.1. The molecule has 0 saturated carbocycles. The zero-order chi connectivity index (χ0) is 15.5. The Bertz CT molecular complexity index is 587. The minimum atomic E-state index is -3.17. The van der Waals surface area contributed by atoms with E-state index in [-0.39, 0.29) is 5.25 Å². The number of sulfonamides is 1. The van der Waals surface area contributed by atoms with Gasteiger partial charge in [-0.15, -0.1) is 0 Å². The normalized spacial score (nSPS) is 19.9. The Balaban J connectivity index is 2.00. The van der Waals surface area contributed by atoms with Crippen molar-refractivity contribution < 1.29 is 13.2 Å². The maximum Gasteiger partial charge on any atom is 0.215 e. The van der Waals surface area contributed by atoms with Gasteiger partial charge in [0.15, 0.2) is 0 Å². The van der Waals surface area contributed by atoms with Crippen LogP contribution in [0.5, 0.6) is 5.75 Å². The molecule has 0 aliphatic carbocycles. The molecular formula is C15H24N2O3S. The van der Waals surface area contributed by atoms with Crippen LogP contribution in [0, 0.1) is 6.92 Å². The van der Waals surface area contributed by atoms with Gasteiger partial charge in [0.1, 0.15) is 5.75 Å². The third-order valence-corrected chi connectivity index (χ3v) is 5.85. The molecule has 0 spiro atoms. The standard InChI is InChI=1S/C15H24N2O3S/c1-4-16-21(18,19)14-7-8-17(11-14)10-13-6-5-12(2)15(9-13)20-3/h5-6,9,14,16H,4,7-8,10-11H2,1-3H3. The molecule has 1 atom stereocenters. The molecule has 1 N–H and O–H groups in total. The number of likely N-dealkylation sites (tertiary alicyclic amines) is 1. The summed E-state index contributed by atoms with van der Waals surface area (Å²) in [6, 6.07) is 6.14. The van der Waals surface area contributed by atoms with E-state index in [9.17, 15) is 8.42 Å². The molecular weight excluding hydrogens is 288 g/mol. The SMILES string of the molecule is CCNS(=O)(=O)C1CCN(Cc2ccc(C)c(OC)c2)C1.